The first-order valence-electron chi connectivity index (χ1n) is 17.5. The van der Waals surface area contributed by atoms with Gasteiger partial charge in [0.15, 0.2) is 6.29 Å². The highest BCUT2D eigenvalue weighted by Crippen LogP contribution is 2.47. The Morgan fingerprint density at radius 1 is 0.894 bits per heavy atom. The third kappa shape index (κ3) is 7.04. The molecule has 0 aromatic heterocycles. The molecule has 2 aromatic rings. The van der Waals surface area contributed by atoms with Crippen molar-refractivity contribution in [3.63, 3.8) is 0 Å². The van der Waals surface area contributed by atoms with Crippen LogP contribution in [0.2, 0.25) is 5.02 Å². The predicted molar refractivity (Wildman–Crippen MR) is 182 cm³/mol. The van der Waals surface area contributed by atoms with Crippen LogP contribution < -0.4 is 19.7 Å². The third-order valence-electron chi connectivity index (χ3n) is 11.5. The van der Waals surface area contributed by atoms with Gasteiger partial charge in [0, 0.05) is 42.7 Å². The van der Waals surface area contributed by atoms with Crippen molar-refractivity contribution >= 4 is 33.2 Å². The van der Waals surface area contributed by atoms with Gasteiger partial charge in [-0.15, -0.1) is 0 Å². The number of fused-ring (bicyclic) bond motifs is 4. The van der Waals surface area contributed by atoms with Gasteiger partial charge in [0.1, 0.15) is 24.6 Å². The van der Waals surface area contributed by atoms with Crippen LogP contribution in [0.1, 0.15) is 80.3 Å². The van der Waals surface area contributed by atoms with Crippen LogP contribution in [0.25, 0.3) is 0 Å². The molecule has 1 saturated carbocycles. The molecule has 11 heteroatoms. The molecule has 1 aliphatic carbocycles. The molecule has 0 spiro atoms. The maximum atomic E-state index is 13.5. The molecule has 0 unspecified atom stereocenters. The molecule has 9 nitrogen and oxygen atoms in total. The number of rotatable bonds is 1. The second-order valence-electron chi connectivity index (χ2n) is 14.4. The smallest absolute Gasteiger partial charge is 0.264 e. The number of hydrogen-bond acceptors (Lipinski definition) is 8. The van der Waals surface area contributed by atoms with E-state index in [4.69, 9.17) is 25.8 Å². The maximum Gasteiger partial charge on any atom is 0.264 e. The molecule has 2 N–H and O–H groups in total. The molecule has 7 rings (SSSR count). The summed E-state index contributed by atoms with van der Waals surface area (Å²) in [5.41, 5.74) is 3.43. The molecule has 4 heterocycles. The lowest BCUT2D eigenvalue weighted by atomic mass is 9.65. The van der Waals surface area contributed by atoms with E-state index >= 15 is 0 Å². The lowest BCUT2D eigenvalue weighted by molar-refractivity contribution is -0.141. The Labute approximate surface area is 284 Å². The average Bonchev–Trinajstić information content (AvgIpc) is 3.64. The highest BCUT2D eigenvalue weighted by molar-refractivity contribution is 7.90. The number of carbonyl (C=O) groups is 1. The molecule has 0 radical (unpaired) electrons. The first-order valence-corrected chi connectivity index (χ1v) is 19.5. The van der Waals surface area contributed by atoms with E-state index in [1.165, 1.54) is 5.56 Å². The number of carbonyl (C=O) groups excluding carboxylic acids is 1. The lowest BCUT2D eigenvalue weighted by Gasteiger charge is -2.46. The number of hydrogen-bond donors (Lipinski definition) is 2. The Balaban J connectivity index is 1.24. The van der Waals surface area contributed by atoms with E-state index < -0.39 is 21.2 Å². The normalized spacial score (nSPS) is 34.4. The van der Waals surface area contributed by atoms with Crippen LogP contribution in [-0.2, 0) is 32.5 Å². The number of sulfonamides is 1. The van der Waals surface area contributed by atoms with Crippen LogP contribution in [0.3, 0.4) is 0 Å². The Hall–Kier alpha value is -2.37. The molecule has 3 fully saturated rings. The molecule has 8 atom stereocenters. The van der Waals surface area contributed by atoms with Gasteiger partial charge in [0.2, 0.25) is 10.0 Å². The fourth-order valence-electron chi connectivity index (χ4n) is 8.28. The van der Waals surface area contributed by atoms with Gasteiger partial charge in [-0.25, -0.2) is 13.1 Å². The fraction of sp³-hybridized carbons (Fsp3) is 0.639. The van der Waals surface area contributed by atoms with E-state index in [0.29, 0.717) is 29.8 Å². The minimum Gasteiger partial charge on any atom is -0.487 e. The average molecular weight is 686 g/mol. The van der Waals surface area contributed by atoms with Gasteiger partial charge >= 0.3 is 0 Å². The standard InChI is InChI=1S/C36H48ClN3O6S/c1-22-6-5-8-30(36-45-33-18-38-19-34(33)46-36)29-13-10-26(29)20-40-15-4-3-7-24-16-28(37)12-9-27(24)21-44-32-14-11-25(17-31(32)40)35(41)39-47(42,43)23(22)2/h9,11-12,14,16-17,22-23,26,29-30,33-34,36,38H,3-8,10,13,15,18-21H2,1-2H3,(H,39,41)/t22-,23+,26-,29+,30-,33-,34+,36-/m0/s1. The highest BCUT2D eigenvalue weighted by atomic mass is 35.5. The van der Waals surface area contributed by atoms with Crippen LogP contribution >= 0.6 is 11.6 Å². The van der Waals surface area contributed by atoms with E-state index in [0.717, 1.165) is 93.8 Å². The largest absolute Gasteiger partial charge is 0.487 e. The Kier molecular flexibility index (Phi) is 9.77. The van der Waals surface area contributed by atoms with Gasteiger partial charge in [0.05, 0.1) is 10.9 Å². The van der Waals surface area contributed by atoms with Crippen molar-refractivity contribution in [3.8, 4) is 5.75 Å². The summed E-state index contributed by atoms with van der Waals surface area (Å²) in [5.74, 6) is 1.10. The molecular formula is C36H48ClN3O6S. The van der Waals surface area contributed by atoms with Crippen molar-refractivity contribution in [2.45, 2.75) is 95.6 Å². The summed E-state index contributed by atoms with van der Waals surface area (Å²) in [4.78, 5) is 15.9. The van der Waals surface area contributed by atoms with Gasteiger partial charge < -0.3 is 24.4 Å². The van der Waals surface area contributed by atoms with E-state index in [2.05, 4.69) is 14.9 Å². The Morgan fingerprint density at radius 2 is 1.70 bits per heavy atom. The fourth-order valence-corrected chi connectivity index (χ4v) is 9.78. The molecule has 5 aliphatic rings. The first kappa shape index (κ1) is 33.1. The van der Waals surface area contributed by atoms with Crippen molar-refractivity contribution in [1.29, 1.82) is 0 Å². The van der Waals surface area contributed by atoms with Crippen molar-refractivity contribution < 1.29 is 27.4 Å². The zero-order valence-electron chi connectivity index (χ0n) is 27.5. The minimum absolute atomic E-state index is 0.0963. The summed E-state index contributed by atoms with van der Waals surface area (Å²) < 4.78 is 48.9. The second kappa shape index (κ2) is 13.9. The second-order valence-corrected chi connectivity index (χ2v) is 16.9. The van der Waals surface area contributed by atoms with Gasteiger partial charge in [-0.05, 0) is 111 Å². The number of aryl methyl sites for hydroxylation is 1. The molecular weight excluding hydrogens is 638 g/mol. The van der Waals surface area contributed by atoms with E-state index in [1.54, 1.807) is 13.0 Å². The molecule has 47 heavy (non-hydrogen) atoms. The van der Waals surface area contributed by atoms with Crippen molar-refractivity contribution in [3.05, 3.63) is 58.1 Å². The summed E-state index contributed by atoms with van der Waals surface area (Å²) in [5, 5.41) is 3.39. The number of benzene rings is 2. The Morgan fingerprint density at radius 3 is 2.47 bits per heavy atom. The monoisotopic (exact) mass is 685 g/mol. The number of nitrogens with zero attached hydrogens (tertiary/aromatic N) is 1. The summed E-state index contributed by atoms with van der Waals surface area (Å²) in [7, 11) is -3.90. The maximum absolute atomic E-state index is 13.5. The zero-order valence-corrected chi connectivity index (χ0v) is 29.0. The summed E-state index contributed by atoms with van der Waals surface area (Å²) >= 11 is 6.37. The quantitative estimate of drug-likeness (QED) is 0.395. The highest BCUT2D eigenvalue weighted by Gasteiger charge is 2.48. The Bertz CT molecular complexity index is 1560. The third-order valence-corrected chi connectivity index (χ3v) is 13.7. The molecule has 256 valence electrons. The SMILES string of the molecule is C[C@@H]1[C@@H](C)CCC[C@H]([C@H]2O[C@H]3CNC[C@H]3O2)[C@@H]2CC[C@H]2CN2CCCCc3cc(Cl)ccc3COc3ccc(cc32)C(=O)NS1(=O)=O. The predicted octanol–water partition coefficient (Wildman–Crippen LogP) is 5.69. The number of amides is 1. The number of anilines is 1. The van der Waals surface area contributed by atoms with Gasteiger partial charge in [-0.3, -0.25) is 4.79 Å². The molecule has 4 aliphatic heterocycles. The van der Waals surface area contributed by atoms with Crippen LogP contribution in [0.4, 0.5) is 5.69 Å². The van der Waals surface area contributed by atoms with E-state index in [-0.39, 0.29) is 30.3 Å². The molecule has 1 amide bonds. The van der Waals surface area contributed by atoms with Crippen LogP contribution in [0.15, 0.2) is 36.4 Å². The number of nitrogens with one attached hydrogen (secondary N) is 2. The summed E-state index contributed by atoms with van der Waals surface area (Å²) in [6.45, 7) is 7.32. The lowest BCUT2D eigenvalue weighted by Crippen LogP contribution is -2.45. The molecule has 2 aromatic carbocycles. The topological polar surface area (TPSA) is 106 Å². The summed E-state index contributed by atoms with van der Waals surface area (Å²) in [6.07, 6.45) is 7.63. The van der Waals surface area contributed by atoms with Gasteiger partial charge in [-0.2, -0.15) is 0 Å². The minimum atomic E-state index is -3.90. The summed E-state index contributed by atoms with van der Waals surface area (Å²) in [6, 6.07) is 11.3. The van der Waals surface area contributed by atoms with Crippen LogP contribution in [0, 0.1) is 23.7 Å². The van der Waals surface area contributed by atoms with Crippen LogP contribution in [-0.4, -0.2) is 64.3 Å². The van der Waals surface area contributed by atoms with Gasteiger partial charge in [0.25, 0.3) is 5.91 Å². The van der Waals surface area contributed by atoms with E-state index in [1.807, 2.05) is 37.3 Å². The zero-order chi connectivity index (χ0) is 32.7. The van der Waals surface area contributed by atoms with Crippen molar-refractivity contribution in [2.24, 2.45) is 23.7 Å². The number of halogens is 1. The molecule has 2 bridgehead atoms. The van der Waals surface area contributed by atoms with Crippen molar-refractivity contribution in [2.75, 3.05) is 31.1 Å². The number of ether oxygens (including phenoxy) is 3. The van der Waals surface area contributed by atoms with Crippen LogP contribution in [0.5, 0.6) is 5.75 Å². The first-order chi connectivity index (χ1) is 22.7. The van der Waals surface area contributed by atoms with Gasteiger partial charge in [-0.1, -0.05) is 31.0 Å². The molecule has 2 saturated heterocycles. The van der Waals surface area contributed by atoms with E-state index in [9.17, 15) is 13.2 Å². The van der Waals surface area contributed by atoms with Crippen molar-refractivity contribution in [1.82, 2.24) is 10.0 Å².